The Balaban J connectivity index is 1.72. The van der Waals surface area contributed by atoms with Crippen LogP contribution >= 0.6 is 11.6 Å². The molecule has 2 heterocycles. The molecule has 0 aromatic carbocycles. The zero-order valence-corrected chi connectivity index (χ0v) is 21.7. The summed E-state index contributed by atoms with van der Waals surface area (Å²) in [5.41, 5.74) is 18.5. The minimum atomic E-state index is -0.296. The highest BCUT2D eigenvalue weighted by Gasteiger charge is 2.24. The van der Waals surface area contributed by atoms with Crippen molar-refractivity contribution in [3.8, 4) is 0 Å². The molecule has 4 N–H and O–H groups in total. The van der Waals surface area contributed by atoms with E-state index in [1.54, 1.807) is 11.7 Å². The van der Waals surface area contributed by atoms with Gasteiger partial charge in [-0.1, -0.05) is 53.7 Å². The molecule has 1 amide bonds. The molecule has 0 saturated carbocycles. The van der Waals surface area contributed by atoms with E-state index in [0.29, 0.717) is 36.3 Å². The van der Waals surface area contributed by atoms with Crippen LogP contribution in [0.25, 0.3) is 10.4 Å². The number of nitrogen functional groups attached to an aromatic ring is 1. The van der Waals surface area contributed by atoms with E-state index in [4.69, 9.17) is 22.9 Å². The third-order valence-electron chi connectivity index (χ3n) is 5.74. The molecule has 1 atom stereocenters. The Morgan fingerprint density at radius 2 is 2.16 bits per heavy atom. The summed E-state index contributed by atoms with van der Waals surface area (Å²) in [5.74, 6) is 0.121. The molecule has 0 spiro atoms. The van der Waals surface area contributed by atoms with Crippen LogP contribution in [-0.4, -0.2) is 31.7 Å². The molecule has 0 bridgehead atoms. The summed E-state index contributed by atoms with van der Waals surface area (Å²) in [5, 5.41) is 14.1. The lowest BCUT2D eigenvalue weighted by molar-refractivity contribution is 0.0944. The maximum atomic E-state index is 13.2. The molecule has 192 valence electrons. The molecule has 0 saturated heterocycles. The van der Waals surface area contributed by atoms with Crippen molar-refractivity contribution in [2.45, 2.75) is 39.2 Å². The van der Waals surface area contributed by atoms with Gasteiger partial charge in [-0.2, -0.15) is 5.10 Å². The zero-order chi connectivity index (χ0) is 26.9. The molecule has 37 heavy (non-hydrogen) atoms. The Labute approximate surface area is 220 Å². The molecule has 2 aromatic heterocycles. The fourth-order valence-electron chi connectivity index (χ4n) is 3.79. The van der Waals surface area contributed by atoms with Gasteiger partial charge in [0.1, 0.15) is 23.7 Å². The number of hydrogen-bond donors (Lipinski definition) is 3. The SMILES string of the molecule is C=C(/C=C\C=C/C)Cc1c(C(=O)N[C@@H](C)C2=CC=C(Nc3ncnc(N)c3N=[N+]=[N-])CC2)c(Cl)nn1C. The lowest BCUT2D eigenvalue weighted by atomic mass is 9.96. The van der Waals surface area contributed by atoms with E-state index >= 15 is 0 Å². The maximum Gasteiger partial charge on any atom is 0.256 e. The van der Waals surface area contributed by atoms with Gasteiger partial charge in [-0.05, 0) is 49.4 Å². The van der Waals surface area contributed by atoms with E-state index in [1.807, 2.05) is 50.3 Å². The van der Waals surface area contributed by atoms with E-state index < -0.39 is 0 Å². The number of nitrogens with two attached hydrogens (primary N) is 1. The average molecular weight is 521 g/mol. The maximum absolute atomic E-state index is 13.2. The molecule has 3 rings (SSSR count). The molecule has 0 aliphatic heterocycles. The van der Waals surface area contributed by atoms with Crippen molar-refractivity contribution >= 4 is 34.8 Å². The number of rotatable bonds is 10. The van der Waals surface area contributed by atoms with E-state index in [9.17, 15) is 4.79 Å². The lowest BCUT2D eigenvalue weighted by Gasteiger charge is -2.22. The molecule has 1 aliphatic rings. The minimum Gasteiger partial charge on any atom is -0.383 e. The molecule has 1 aliphatic carbocycles. The van der Waals surface area contributed by atoms with E-state index in [0.717, 1.165) is 16.8 Å². The first kappa shape index (κ1) is 27.3. The average Bonchev–Trinajstić information content (AvgIpc) is 3.14. The Hall–Kier alpha value is -4.34. The predicted molar refractivity (Wildman–Crippen MR) is 146 cm³/mol. The molecular formula is C25H29ClN10O. The number of aryl methyl sites for hydroxylation is 1. The van der Waals surface area contributed by atoms with Gasteiger partial charge in [-0.15, -0.1) is 0 Å². The Morgan fingerprint density at radius 1 is 1.38 bits per heavy atom. The summed E-state index contributed by atoms with van der Waals surface area (Å²) in [4.78, 5) is 24.0. The molecule has 12 heteroatoms. The number of azide groups is 1. The van der Waals surface area contributed by atoms with Crippen LogP contribution in [0, 0.1) is 0 Å². The third kappa shape index (κ3) is 6.87. The number of nitrogens with zero attached hydrogens (tertiary/aromatic N) is 7. The van der Waals surface area contributed by atoms with E-state index in [1.165, 1.54) is 6.33 Å². The number of allylic oxidation sites excluding steroid dienone is 8. The van der Waals surface area contributed by atoms with Gasteiger partial charge in [0, 0.05) is 30.1 Å². The van der Waals surface area contributed by atoms with Crippen LogP contribution in [0.2, 0.25) is 5.15 Å². The Bertz CT molecular complexity index is 1360. The first-order valence-electron chi connectivity index (χ1n) is 11.6. The standard InChI is InChI=1S/C25H29ClN10O/c1-5-6-7-8-15(2)13-19-20(22(26)34-36(19)4)25(37)31-16(3)17-9-11-18(12-10-17)32-24-21(33-35-28)23(27)29-14-30-24/h5-9,11,14,16H,2,10,12-13H2,1,3-4H3,(H,31,37)(H3,27,29,30,32)/b6-5-,8-7-/t16-/m0/s1. The van der Waals surface area contributed by atoms with Crippen LogP contribution in [0.3, 0.4) is 0 Å². The van der Waals surface area contributed by atoms with Gasteiger partial charge in [-0.3, -0.25) is 9.48 Å². The third-order valence-corrected chi connectivity index (χ3v) is 6.00. The number of carbonyl (C=O) groups is 1. The number of amides is 1. The van der Waals surface area contributed by atoms with Crippen LogP contribution in [-0.2, 0) is 13.5 Å². The predicted octanol–water partition coefficient (Wildman–Crippen LogP) is 5.45. The number of aromatic nitrogens is 4. The largest absolute Gasteiger partial charge is 0.383 e. The summed E-state index contributed by atoms with van der Waals surface area (Å²) in [6.45, 7) is 7.92. The van der Waals surface area contributed by atoms with Gasteiger partial charge in [0.05, 0.1) is 11.3 Å². The summed E-state index contributed by atoms with van der Waals surface area (Å²) in [6, 6.07) is -0.236. The lowest BCUT2D eigenvalue weighted by Crippen LogP contribution is -2.35. The van der Waals surface area contributed by atoms with Crippen molar-refractivity contribution in [2.75, 3.05) is 11.1 Å². The van der Waals surface area contributed by atoms with E-state index in [2.05, 4.69) is 42.3 Å². The fourth-order valence-corrected chi connectivity index (χ4v) is 4.09. The molecule has 0 radical (unpaired) electrons. The van der Waals surface area contributed by atoms with Gasteiger partial charge >= 0.3 is 0 Å². The normalized spacial score (nSPS) is 14.2. The van der Waals surface area contributed by atoms with Gasteiger partial charge in [0.25, 0.3) is 5.91 Å². The van der Waals surface area contributed by atoms with Crippen LogP contribution < -0.4 is 16.4 Å². The smallest absolute Gasteiger partial charge is 0.256 e. The monoisotopic (exact) mass is 520 g/mol. The summed E-state index contributed by atoms with van der Waals surface area (Å²) in [6.07, 6.45) is 14.5. The molecular weight excluding hydrogens is 492 g/mol. The first-order valence-corrected chi connectivity index (χ1v) is 11.9. The Kier molecular flexibility index (Phi) is 9.26. The topological polar surface area (TPSA) is 160 Å². The van der Waals surface area contributed by atoms with Crippen LogP contribution in [0.1, 0.15) is 42.7 Å². The number of carbonyl (C=O) groups excluding carboxylic acids is 1. The number of anilines is 2. The van der Waals surface area contributed by atoms with Crippen molar-refractivity contribution in [3.63, 3.8) is 0 Å². The number of hydrogen-bond acceptors (Lipinski definition) is 7. The Morgan fingerprint density at radius 3 is 2.84 bits per heavy atom. The highest BCUT2D eigenvalue weighted by Crippen LogP contribution is 2.31. The van der Waals surface area contributed by atoms with Crippen molar-refractivity contribution in [3.05, 3.63) is 93.1 Å². The second-order valence-corrected chi connectivity index (χ2v) is 8.71. The molecule has 2 aromatic rings. The van der Waals surface area contributed by atoms with Crippen molar-refractivity contribution in [1.29, 1.82) is 0 Å². The quantitative estimate of drug-likeness (QED) is 0.163. The second-order valence-electron chi connectivity index (χ2n) is 8.36. The van der Waals surface area contributed by atoms with Crippen molar-refractivity contribution < 1.29 is 4.79 Å². The van der Waals surface area contributed by atoms with Crippen LogP contribution in [0.15, 0.2) is 71.3 Å². The summed E-state index contributed by atoms with van der Waals surface area (Å²) >= 11 is 6.33. The zero-order valence-electron chi connectivity index (χ0n) is 20.9. The van der Waals surface area contributed by atoms with Crippen molar-refractivity contribution in [1.82, 2.24) is 25.1 Å². The minimum absolute atomic E-state index is 0.0881. The molecule has 11 nitrogen and oxygen atoms in total. The molecule has 0 unspecified atom stereocenters. The fraction of sp³-hybridized carbons (Fsp3) is 0.280. The summed E-state index contributed by atoms with van der Waals surface area (Å²) < 4.78 is 1.61. The van der Waals surface area contributed by atoms with Crippen LogP contribution in [0.5, 0.6) is 0 Å². The van der Waals surface area contributed by atoms with E-state index in [-0.39, 0.29) is 28.6 Å². The highest BCUT2D eigenvalue weighted by atomic mass is 35.5. The second kappa shape index (κ2) is 12.6. The van der Waals surface area contributed by atoms with Gasteiger partial charge in [0.15, 0.2) is 5.15 Å². The number of halogens is 1. The first-order chi connectivity index (χ1) is 17.7. The van der Waals surface area contributed by atoms with Gasteiger partial charge < -0.3 is 16.4 Å². The van der Waals surface area contributed by atoms with Crippen molar-refractivity contribution in [2.24, 2.45) is 12.2 Å². The molecule has 0 fully saturated rings. The van der Waals surface area contributed by atoms with Gasteiger partial charge in [-0.25, -0.2) is 9.97 Å². The summed E-state index contributed by atoms with van der Waals surface area (Å²) in [7, 11) is 1.76. The van der Waals surface area contributed by atoms with Gasteiger partial charge in [0.2, 0.25) is 0 Å². The highest BCUT2D eigenvalue weighted by molar-refractivity contribution is 6.32. The number of nitrogens with one attached hydrogen (secondary N) is 2. The van der Waals surface area contributed by atoms with Crippen LogP contribution in [0.4, 0.5) is 17.3 Å².